The third kappa shape index (κ3) is 7.96. The van der Waals surface area contributed by atoms with E-state index >= 15 is 0 Å². The Bertz CT molecular complexity index is 1420. The zero-order chi connectivity index (χ0) is 28.4. The molecule has 213 valence electrons. The van der Waals surface area contributed by atoms with Gasteiger partial charge in [0.15, 0.2) is 0 Å². The van der Waals surface area contributed by atoms with Gasteiger partial charge in [0.25, 0.3) is 0 Å². The molecule has 0 spiro atoms. The van der Waals surface area contributed by atoms with Crippen LogP contribution in [0.5, 0.6) is 0 Å². The molecule has 0 bridgehead atoms. The van der Waals surface area contributed by atoms with Crippen LogP contribution in [0.2, 0.25) is 0 Å². The fourth-order valence-electron chi connectivity index (χ4n) is 5.05. The molecule has 1 radical (unpaired) electrons. The van der Waals surface area contributed by atoms with Gasteiger partial charge in [0.1, 0.15) is 0 Å². The van der Waals surface area contributed by atoms with Crippen molar-refractivity contribution in [3.05, 3.63) is 174 Å². The van der Waals surface area contributed by atoms with Gasteiger partial charge in [-0.15, -0.1) is 0 Å². The average molecular weight is 627 g/mol. The van der Waals surface area contributed by atoms with Gasteiger partial charge in [0.2, 0.25) is 0 Å². The van der Waals surface area contributed by atoms with Gasteiger partial charge < -0.3 is 4.90 Å². The Morgan fingerprint density at radius 3 is 1.40 bits per heavy atom. The van der Waals surface area contributed by atoms with Crippen LogP contribution in [0.3, 0.4) is 0 Å². The van der Waals surface area contributed by atoms with E-state index in [1.165, 1.54) is 37.8 Å². The monoisotopic (exact) mass is 626 g/mol. The maximum absolute atomic E-state index is 2.35. The van der Waals surface area contributed by atoms with Gasteiger partial charge in [0, 0.05) is 29.0 Å². The summed E-state index contributed by atoms with van der Waals surface area (Å²) in [6.45, 7) is 2.28. The van der Waals surface area contributed by atoms with E-state index in [4.69, 9.17) is 0 Å². The van der Waals surface area contributed by atoms with Crippen molar-refractivity contribution >= 4 is 37.1 Å². The van der Waals surface area contributed by atoms with Crippen LogP contribution in [0.4, 0.5) is 0 Å². The van der Waals surface area contributed by atoms with Crippen LogP contribution < -0.4 is 21.2 Å². The number of rotatable bonds is 8. The molecule has 4 aromatic rings. The molecule has 2 aliphatic carbocycles. The summed E-state index contributed by atoms with van der Waals surface area (Å²) in [7, 11) is 3.40. The van der Waals surface area contributed by atoms with Crippen molar-refractivity contribution in [1.82, 2.24) is 4.90 Å². The molecule has 42 heavy (non-hydrogen) atoms. The van der Waals surface area contributed by atoms with Gasteiger partial charge >= 0.3 is 0 Å². The number of hydrogen-bond acceptors (Lipinski definition) is 1. The first kappa shape index (κ1) is 32.1. The predicted octanol–water partition coefficient (Wildman–Crippen LogP) is 8.06. The third-order valence-electron chi connectivity index (χ3n) is 7.36. The molecule has 0 aliphatic heterocycles. The van der Waals surface area contributed by atoms with Crippen molar-refractivity contribution in [2.45, 2.75) is 19.4 Å². The third-order valence-corrected chi connectivity index (χ3v) is 12.4. The Balaban J connectivity index is 0.000000193. The van der Waals surface area contributed by atoms with E-state index < -0.39 is 7.92 Å². The molecule has 0 amide bonds. The summed E-state index contributed by atoms with van der Waals surface area (Å²) in [6.07, 6.45) is 14.7. The van der Waals surface area contributed by atoms with Crippen molar-refractivity contribution in [1.29, 1.82) is 0 Å². The molecule has 4 aromatic carbocycles. The summed E-state index contributed by atoms with van der Waals surface area (Å²) < 4.78 is 0. The van der Waals surface area contributed by atoms with Gasteiger partial charge in [-0.2, -0.15) is 0 Å². The molecule has 0 heterocycles. The summed E-state index contributed by atoms with van der Waals surface area (Å²) in [5, 5.41) is 8.62. The minimum Gasteiger partial charge on any atom is -0.305 e. The first-order valence-electron chi connectivity index (χ1n) is 14.2. The maximum Gasteiger partial charge on any atom is 0.0445 e. The molecular formula is C38H38FeNP2. The van der Waals surface area contributed by atoms with E-state index in [0.29, 0.717) is 6.04 Å². The van der Waals surface area contributed by atoms with Crippen molar-refractivity contribution in [2.75, 3.05) is 14.1 Å². The normalized spacial score (nSPS) is 14.8. The molecule has 0 aromatic heterocycles. The molecule has 0 saturated carbocycles. The van der Waals surface area contributed by atoms with Crippen molar-refractivity contribution in [3.8, 4) is 0 Å². The van der Waals surface area contributed by atoms with Crippen LogP contribution in [-0.4, -0.2) is 25.0 Å². The first-order chi connectivity index (χ1) is 20.1. The van der Waals surface area contributed by atoms with Gasteiger partial charge in [-0.3, -0.25) is 0 Å². The summed E-state index contributed by atoms with van der Waals surface area (Å²) in [5.74, 6) is 1.44. The molecular weight excluding hydrogens is 588 g/mol. The first-order valence-corrected chi connectivity index (χ1v) is 16.9. The molecule has 2 aliphatic rings. The number of hydrogen-bond donors (Lipinski definition) is 0. The smallest absolute Gasteiger partial charge is 0.0445 e. The van der Waals surface area contributed by atoms with Crippen LogP contribution in [0.25, 0.3) is 0 Å². The van der Waals surface area contributed by atoms with E-state index in [1.807, 2.05) is 0 Å². The largest absolute Gasteiger partial charge is 0.305 e. The SMILES string of the molecule is C1=CC(P(c2ccccc2)c2ccccc2)=CC1.C[C@@H]([C]1C=CC=C1P(c1ccccc1)c1ccccc1)N(C)C.[Fe]. The van der Waals surface area contributed by atoms with E-state index in [2.05, 4.69) is 184 Å². The molecule has 1 nitrogen and oxygen atoms in total. The molecule has 4 heteroatoms. The molecule has 0 unspecified atom stereocenters. The van der Waals surface area contributed by atoms with Crippen LogP contribution in [0.15, 0.2) is 168 Å². The average Bonchev–Trinajstić information content (AvgIpc) is 3.73. The second-order valence-electron chi connectivity index (χ2n) is 10.3. The Kier molecular flexibility index (Phi) is 12.3. The Morgan fingerprint density at radius 1 is 0.595 bits per heavy atom. The van der Waals surface area contributed by atoms with E-state index in [0.717, 1.165) is 6.42 Å². The van der Waals surface area contributed by atoms with Crippen molar-refractivity contribution in [3.63, 3.8) is 0 Å². The minimum absolute atomic E-state index is 0. The zero-order valence-corrected chi connectivity index (χ0v) is 27.4. The van der Waals surface area contributed by atoms with Crippen LogP contribution >= 0.6 is 15.8 Å². The second-order valence-corrected chi connectivity index (χ2v) is 14.7. The Morgan fingerprint density at radius 2 is 1.02 bits per heavy atom. The number of benzene rings is 4. The molecule has 0 fully saturated rings. The quantitative estimate of drug-likeness (QED) is 0.141. The molecule has 0 saturated heterocycles. The van der Waals surface area contributed by atoms with Crippen LogP contribution in [0.1, 0.15) is 13.3 Å². The van der Waals surface area contributed by atoms with E-state index in [1.54, 1.807) is 0 Å². The molecule has 1 atom stereocenters. The van der Waals surface area contributed by atoms with E-state index in [9.17, 15) is 0 Å². The predicted molar refractivity (Wildman–Crippen MR) is 184 cm³/mol. The van der Waals surface area contributed by atoms with Crippen molar-refractivity contribution in [2.24, 2.45) is 0 Å². The van der Waals surface area contributed by atoms with E-state index in [-0.39, 0.29) is 25.0 Å². The van der Waals surface area contributed by atoms with Gasteiger partial charge in [-0.1, -0.05) is 158 Å². The van der Waals surface area contributed by atoms with Gasteiger partial charge in [-0.25, -0.2) is 0 Å². The van der Waals surface area contributed by atoms with Crippen LogP contribution in [-0.2, 0) is 17.1 Å². The molecule has 0 N–H and O–H groups in total. The van der Waals surface area contributed by atoms with Gasteiger partial charge in [0.05, 0.1) is 0 Å². The summed E-state index contributed by atoms with van der Waals surface area (Å²) >= 11 is 0. The summed E-state index contributed by atoms with van der Waals surface area (Å²) in [4.78, 5) is 2.28. The molecule has 6 rings (SSSR count). The standard InChI is InChI=1S/C21H23NP.C17H15P.Fe/c1-17(22(2)3)20-15-10-16-21(20)23(18-11-6-4-7-12-18)19-13-8-5-9-14-19;1-3-9-15(10-4-1)18(17-13-7-8-14-17)16-11-5-2-6-12-16;/h4-17H,1-3H3;1-7,9-14H,8H2;/t17-;;/m0../s1. The Labute approximate surface area is 265 Å². The Hall–Kier alpha value is -2.82. The second kappa shape index (κ2) is 16.1. The van der Waals surface area contributed by atoms with Crippen molar-refractivity contribution < 1.29 is 17.1 Å². The fraction of sp³-hybridized carbons (Fsp3) is 0.132. The minimum atomic E-state index is -0.514. The number of nitrogens with zero attached hydrogens (tertiary/aromatic N) is 1. The number of allylic oxidation sites excluding steroid dienone is 6. The zero-order valence-electron chi connectivity index (χ0n) is 24.5. The fourth-order valence-corrected chi connectivity index (χ4v) is 9.98. The summed E-state index contributed by atoms with van der Waals surface area (Å²) in [5.41, 5.74) is 0. The van der Waals surface area contributed by atoms with Crippen LogP contribution in [0, 0.1) is 5.92 Å². The topological polar surface area (TPSA) is 3.24 Å². The maximum atomic E-state index is 2.35. The van der Waals surface area contributed by atoms with Gasteiger partial charge in [-0.05, 0) is 75.1 Å². The summed E-state index contributed by atoms with van der Waals surface area (Å²) in [6, 6.07) is 43.9.